The molecule has 1 aromatic carbocycles. The van der Waals surface area contributed by atoms with E-state index in [-0.39, 0.29) is 12.2 Å². The van der Waals surface area contributed by atoms with Crippen molar-refractivity contribution in [3.05, 3.63) is 47.3 Å². The number of methoxy groups -OCH3 is 1. The number of aryl methyl sites for hydroxylation is 1. The van der Waals surface area contributed by atoms with Gasteiger partial charge in [-0.2, -0.15) is 0 Å². The van der Waals surface area contributed by atoms with E-state index >= 15 is 0 Å². The summed E-state index contributed by atoms with van der Waals surface area (Å²) in [5, 5.41) is 3.55. The predicted molar refractivity (Wildman–Crippen MR) is 84.6 cm³/mol. The van der Waals surface area contributed by atoms with Crippen molar-refractivity contribution in [3.8, 4) is 5.75 Å². The Morgan fingerprint density at radius 2 is 2.24 bits per heavy atom. The molecular formula is C16H24N4O. The van der Waals surface area contributed by atoms with E-state index in [0.29, 0.717) is 0 Å². The van der Waals surface area contributed by atoms with Crippen LogP contribution in [-0.4, -0.2) is 30.9 Å². The van der Waals surface area contributed by atoms with Crippen LogP contribution < -0.4 is 21.5 Å². The second-order valence-corrected chi connectivity index (χ2v) is 5.36. The Kier molecular flexibility index (Phi) is 5.04. The van der Waals surface area contributed by atoms with Crippen molar-refractivity contribution >= 4 is 0 Å². The fraction of sp³-hybridized carbons (Fsp3) is 0.438. The van der Waals surface area contributed by atoms with Crippen LogP contribution in [0.1, 0.15) is 24.1 Å². The topological polar surface area (TPSA) is 76.5 Å². The minimum absolute atomic E-state index is 0.234. The predicted octanol–water partition coefficient (Wildman–Crippen LogP) is 1.21. The van der Waals surface area contributed by atoms with E-state index < -0.39 is 6.17 Å². The monoisotopic (exact) mass is 288 g/mol. The van der Waals surface area contributed by atoms with Gasteiger partial charge in [0.25, 0.3) is 0 Å². The van der Waals surface area contributed by atoms with Gasteiger partial charge < -0.3 is 21.1 Å². The first-order valence-electron chi connectivity index (χ1n) is 7.11. The van der Waals surface area contributed by atoms with Crippen molar-refractivity contribution < 1.29 is 4.74 Å². The van der Waals surface area contributed by atoms with E-state index in [9.17, 15) is 0 Å². The van der Waals surface area contributed by atoms with Crippen molar-refractivity contribution in [1.29, 1.82) is 0 Å². The molecule has 2 unspecified atom stereocenters. The van der Waals surface area contributed by atoms with E-state index in [1.54, 1.807) is 13.2 Å². The summed E-state index contributed by atoms with van der Waals surface area (Å²) in [6, 6.07) is 6.59. The Bertz CT molecular complexity index is 549. The first kappa shape index (κ1) is 15.6. The normalized spacial score (nSPS) is 21.3. The highest BCUT2D eigenvalue weighted by molar-refractivity contribution is 5.38. The number of rotatable bonds is 4. The minimum atomic E-state index is -0.468. The maximum atomic E-state index is 5.47. The molecule has 2 rings (SSSR count). The number of nitrogens with two attached hydrogens (primary N) is 2. The number of ether oxygens (including phenoxy) is 1. The lowest BCUT2D eigenvalue weighted by molar-refractivity contribution is 0.355. The lowest BCUT2D eigenvalue weighted by Crippen LogP contribution is -2.29. The fourth-order valence-electron chi connectivity index (χ4n) is 2.48. The summed E-state index contributed by atoms with van der Waals surface area (Å²) < 4.78 is 5.40. The van der Waals surface area contributed by atoms with Gasteiger partial charge in [-0.05, 0) is 37.1 Å². The number of nitrogens with one attached hydrogen (secondary N) is 1. The average molecular weight is 288 g/mol. The SMILES string of the molecule is COc1cc(C2CN(C=C=CC(N)N)C(C)N2)ccc1C. The van der Waals surface area contributed by atoms with Gasteiger partial charge in [0, 0.05) is 12.7 Å². The molecule has 1 saturated heterocycles. The Morgan fingerprint density at radius 1 is 1.48 bits per heavy atom. The smallest absolute Gasteiger partial charge is 0.122 e. The van der Waals surface area contributed by atoms with Gasteiger partial charge in [0.1, 0.15) is 5.75 Å². The summed E-state index contributed by atoms with van der Waals surface area (Å²) in [5.41, 5.74) is 16.3. The van der Waals surface area contributed by atoms with Crippen LogP contribution in [0.15, 0.2) is 36.2 Å². The third-order valence-corrected chi connectivity index (χ3v) is 3.70. The molecule has 1 heterocycles. The van der Waals surface area contributed by atoms with Gasteiger partial charge >= 0.3 is 0 Å². The van der Waals surface area contributed by atoms with E-state index in [1.807, 2.05) is 13.1 Å². The Hall–Kier alpha value is -1.78. The summed E-state index contributed by atoms with van der Waals surface area (Å²) in [7, 11) is 1.70. The molecule has 0 radical (unpaired) electrons. The van der Waals surface area contributed by atoms with Crippen molar-refractivity contribution in [2.75, 3.05) is 13.7 Å². The molecule has 5 heteroatoms. The highest BCUT2D eigenvalue weighted by Gasteiger charge is 2.27. The van der Waals surface area contributed by atoms with Crippen LogP contribution in [0.5, 0.6) is 5.75 Å². The highest BCUT2D eigenvalue weighted by atomic mass is 16.5. The maximum Gasteiger partial charge on any atom is 0.122 e. The molecule has 114 valence electrons. The summed E-state index contributed by atoms with van der Waals surface area (Å²) in [4.78, 5) is 2.18. The molecule has 0 spiro atoms. The van der Waals surface area contributed by atoms with Crippen molar-refractivity contribution in [2.24, 2.45) is 11.5 Å². The van der Waals surface area contributed by atoms with Crippen LogP contribution in [0.2, 0.25) is 0 Å². The third-order valence-electron chi connectivity index (χ3n) is 3.70. The molecule has 5 N–H and O–H groups in total. The maximum absolute atomic E-state index is 5.47. The Labute approximate surface area is 126 Å². The van der Waals surface area contributed by atoms with Crippen LogP contribution in [0, 0.1) is 6.92 Å². The zero-order valence-electron chi connectivity index (χ0n) is 12.8. The summed E-state index contributed by atoms with van der Waals surface area (Å²) in [6.45, 7) is 5.03. The molecule has 1 aliphatic rings. The van der Waals surface area contributed by atoms with Crippen LogP contribution >= 0.6 is 0 Å². The van der Waals surface area contributed by atoms with Crippen LogP contribution in [0.25, 0.3) is 0 Å². The van der Waals surface area contributed by atoms with Gasteiger partial charge in [-0.1, -0.05) is 12.1 Å². The highest BCUT2D eigenvalue weighted by Crippen LogP contribution is 2.27. The standard InChI is InChI=1S/C16H24N4O/c1-11-6-7-13(9-15(11)21-3)14-10-20(12(2)19-14)8-4-5-16(17)18/h5-9,12,14,16,19H,10,17-18H2,1-3H3. The van der Waals surface area contributed by atoms with E-state index in [4.69, 9.17) is 16.2 Å². The van der Waals surface area contributed by atoms with Crippen LogP contribution in [0.3, 0.4) is 0 Å². The van der Waals surface area contributed by atoms with E-state index in [1.165, 1.54) is 5.56 Å². The lowest BCUT2D eigenvalue weighted by atomic mass is 10.0. The molecule has 1 fully saturated rings. The third kappa shape index (κ3) is 3.86. The minimum Gasteiger partial charge on any atom is -0.496 e. The van der Waals surface area contributed by atoms with Gasteiger partial charge in [-0.15, -0.1) is 5.73 Å². The van der Waals surface area contributed by atoms with Gasteiger partial charge in [-0.25, -0.2) is 0 Å². The number of nitrogens with zero attached hydrogens (tertiary/aromatic N) is 1. The molecule has 0 amide bonds. The summed E-state index contributed by atoms with van der Waals surface area (Å²) >= 11 is 0. The largest absolute Gasteiger partial charge is 0.496 e. The quantitative estimate of drug-likeness (QED) is 0.573. The van der Waals surface area contributed by atoms with Crippen molar-refractivity contribution in [1.82, 2.24) is 10.2 Å². The second kappa shape index (κ2) is 6.78. The number of hydrogen-bond acceptors (Lipinski definition) is 5. The summed E-state index contributed by atoms with van der Waals surface area (Å²) in [6.07, 6.45) is 3.31. The summed E-state index contributed by atoms with van der Waals surface area (Å²) in [5.74, 6) is 0.921. The zero-order chi connectivity index (χ0) is 15.4. The first-order valence-corrected chi connectivity index (χ1v) is 7.11. The number of hydrogen-bond donors (Lipinski definition) is 3. The van der Waals surface area contributed by atoms with Crippen LogP contribution in [-0.2, 0) is 0 Å². The molecule has 1 aromatic rings. The molecule has 2 atom stereocenters. The molecule has 1 aliphatic heterocycles. The average Bonchev–Trinajstić information content (AvgIpc) is 2.80. The van der Waals surface area contributed by atoms with E-state index in [2.05, 4.69) is 41.1 Å². The van der Waals surface area contributed by atoms with Crippen molar-refractivity contribution in [3.63, 3.8) is 0 Å². The van der Waals surface area contributed by atoms with Gasteiger partial charge in [0.2, 0.25) is 0 Å². The van der Waals surface area contributed by atoms with Gasteiger partial charge in [0.05, 0.1) is 25.5 Å². The molecular weight excluding hydrogens is 264 g/mol. The molecule has 5 nitrogen and oxygen atoms in total. The van der Waals surface area contributed by atoms with Gasteiger partial charge in [-0.3, -0.25) is 5.32 Å². The lowest BCUT2D eigenvalue weighted by Gasteiger charge is -2.15. The molecule has 0 aliphatic carbocycles. The molecule has 21 heavy (non-hydrogen) atoms. The Morgan fingerprint density at radius 3 is 2.90 bits per heavy atom. The molecule has 0 bridgehead atoms. The van der Waals surface area contributed by atoms with Crippen molar-refractivity contribution in [2.45, 2.75) is 32.2 Å². The van der Waals surface area contributed by atoms with Crippen LogP contribution in [0.4, 0.5) is 0 Å². The zero-order valence-corrected chi connectivity index (χ0v) is 12.8. The Balaban J connectivity index is 2.12. The van der Waals surface area contributed by atoms with Gasteiger partial charge in [0.15, 0.2) is 0 Å². The fourth-order valence-corrected chi connectivity index (χ4v) is 2.48. The van der Waals surface area contributed by atoms with E-state index in [0.717, 1.165) is 17.9 Å². The number of benzene rings is 1. The molecule has 0 saturated carbocycles. The second-order valence-electron chi connectivity index (χ2n) is 5.36. The first-order chi connectivity index (χ1) is 10.0. The molecule has 0 aromatic heterocycles.